The molecule has 0 bridgehead atoms. The number of hydrogen-bond acceptors (Lipinski definition) is 3. The average molecular weight is 296 g/mol. The van der Waals surface area contributed by atoms with E-state index in [1.165, 1.54) is 0 Å². The molecule has 120 valence electrons. The van der Waals surface area contributed by atoms with Crippen molar-refractivity contribution in [2.45, 2.75) is 57.9 Å². The first-order valence-electron chi connectivity index (χ1n) is 8.39. The van der Waals surface area contributed by atoms with Crippen molar-refractivity contribution < 1.29 is 14.7 Å². The molecule has 2 atom stereocenters. The van der Waals surface area contributed by atoms with Crippen molar-refractivity contribution in [2.75, 3.05) is 19.6 Å². The monoisotopic (exact) mass is 296 g/mol. The van der Waals surface area contributed by atoms with Crippen LogP contribution in [0.15, 0.2) is 0 Å². The lowest BCUT2D eigenvalue weighted by molar-refractivity contribution is -0.153. The molecule has 0 spiro atoms. The van der Waals surface area contributed by atoms with Crippen LogP contribution in [0.25, 0.3) is 0 Å². The minimum Gasteiger partial charge on any atom is -0.481 e. The zero-order chi connectivity index (χ0) is 15.2. The summed E-state index contributed by atoms with van der Waals surface area (Å²) < 4.78 is 0. The van der Waals surface area contributed by atoms with Crippen molar-refractivity contribution in [3.8, 4) is 0 Å². The van der Waals surface area contributed by atoms with E-state index in [0.717, 1.165) is 58.2 Å². The zero-order valence-electron chi connectivity index (χ0n) is 13.0. The second kappa shape index (κ2) is 7.78. The first-order chi connectivity index (χ1) is 10.1. The molecular formula is C16H28N2O3. The van der Waals surface area contributed by atoms with Gasteiger partial charge in [0.15, 0.2) is 0 Å². The molecule has 0 radical (unpaired) electrons. The minimum absolute atomic E-state index is 0.0934. The van der Waals surface area contributed by atoms with Crippen LogP contribution in [0.3, 0.4) is 0 Å². The van der Waals surface area contributed by atoms with Crippen LogP contribution in [0, 0.1) is 11.8 Å². The van der Waals surface area contributed by atoms with Crippen molar-refractivity contribution >= 4 is 11.9 Å². The van der Waals surface area contributed by atoms with Gasteiger partial charge in [-0.25, -0.2) is 0 Å². The van der Waals surface area contributed by atoms with E-state index in [4.69, 9.17) is 0 Å². The number of rotatable bonds is 5. The van der Waals surface area contributed by atoms with Crippen molar-refractivity contribution in [2.24, 2.45) is 11.8 Å². The van der Waals surface area contributed by atoms with Crippen LogP contribution in [0.2, 0.25) is 0 Å². The molecule has 1 aliphatic heterocycles. The number of carboxylic acids is 1. The normalized spacial score (nSPS) is 27.3. The molecule has 1 saturated carbocycles. The first-order valence-corrected chi connectivity index (χ1v) is 8.39. The van der Waals surface area contributed by atoms with Gasteiger partial charge in [-0.05, 0) is 45.2 Å². The molecule has 2 fully saturated rings. The van der Waals surface area contributed by atoms with Gasteiger partial charge in [0, 0.05) is 12.6 Å². The average Bonchev–Trinajstić information content (AvgIpc) is 2.52. The van der Waals surface area contributed by atoms with Gasteiger partial charge in [-0.3, -0.25) is 9.59 Å². The highest BCUT2D eigenvalue weighted by atomic mass is 16.4. The van der Waals surface area contributed by atoms with Crippen LogP contribution in [0.4, 0.5) is 0 Å². The summed E-state index contributed by atoms with van der Waals surface area (Å²) in [4.78, 5) is 26.4. The molecule has 5 nitrogen and oxygen atoms in total. The van der Waals surface area contributed by atoms with Gasteiger partial charge in [0.2, 0.25) is 5.91 Å². The SMILES string of the molecule is CCCN(C(=O)[C@@H]1CCCC[C@@H]1C(=O)O)C1CCNCC1. The molecule has 1 saturated heterocycles. The van der Waals surface area contributed by atoms with E-state index < -0.39 is 11.9 Å². The summed E-state index contributed by atoms with van der Waals surface area (Å²) in [5.41, 5.74) is 0. The number of carbonyl (C=O) groups excluding carboxylic acids is 1. The molecule has 21 heavy (non-hydrogen) atoms. The third kappa shape index (κ3) is 3.96. The Bertz CT molecular complexity index is 367. The molecule has 2 N–H and O–H groups in total. The van der Waals surface area contributed by atoms with Crippen LogP contribution < -0.4 is 5.32 Å². The molecule has 1 aliphatic carbocycles. The van der Waals surface area contributed by atoms with E-state index in [1.807, 2.05) is 4.90 Å². The molecule has 0 aromatic rings. The van der Waals surface area contributed by atoms with Gasteiger partial charge in [0.1, 0.15) is 0 Å². The smallest absolute Gasteiger partial charge is 0.307 e. The summed E-state index contributed by atoms with van der Waals surface area (Å²) >= 11 is 0. The maximum Gasteiger partial charge on any atom is 0.307 e. The molecule has 5 heteroatoms. The van der Waals surface area contributed by atoms with Crippen LogP contribution in [-0.2, 0) is 9.59 Å². The minimum atomic E-state index is -0.796. The third-order valence-electron chi connectivity index (χ3n) is 4.90. The van der Waals surface area contributed by atoms with Gasteiger partial charge in [0.05, 0.1) is 11.8 Å². The maximum atomic E-state index is 12.9. The summed E-state index contributed by atoms with van der Waals surface area (Å²) in [5, 5.41) is 12.7. The fourth-order valence-electron chi connectivity index (χ4n) is 3.77. The van der Waals surface area contributed by atoms with E-state index in [2.05, 4.69) is 12.2 Å². The predicted molar refractivity (Wildman–Crippen MR) is 81.0 cm³/mol. The van der Waals surface area contributed by atoms with Gasteiger partial charge < -0.3 is 15.3 Å². The Labute approximate surface area is 127 Å². The fourth-order valence-corrected chi connectivity index (χ4v) is 3.77. The summed E-state index contributed by atoms with van der Waals surface area (Å²) in [6.45, 7) is 4.74. The summed E-state index contributed by atoms with van der Waals surface area (Å²) in [6, 6.07) is 0.287. The molecule has 1 heterocycles. The number of piperidine rings is 1. The number of carbonyl (C=O) groups is 2. The number of aliphatic carboxylic acids is 1. The van der Waals surface area contributed by atoms with E-state index in [0.29, 0.717) is 6.42 Å². The van der Waals surface area contributed by atoms with E-state index in [9.17, 15) is 14.7 Å². The molecule has 0 aromatic carbocycles. The molecule has 2 rings (SSSR count). The Morgan fingerprint density at radius 2 is 1.71 bits per heavy atom. The third-order valence-corrected chi connectivity index (χ3v) is 4.90. The standard InChI is InChI=1S/C16H28N2O3/c1-2-11-18(12-7-9-17-10-8-12)15(19)13-5-3-4-6-14(13)16(20)21/h12-14,17H,2-11H2,1H3,(H,20,21)/t13-,14+/m1/s1. The molecule has 2 aliphatic rings. The van der Waals surface area contributed by atoms with E-state index in [1.54, 1.807) is 0 Å². The second-order valence-electron chi connectivity index (χ2n) is 6.35. The Kier molecular flexibility index (Phi) is 6.03. The number of carboxylic acid groups (broad SMARTS) is 1. The van der Waals surface area contributed by atoms with Gasteiger partial charge in [0.25, 0.3) is 0 Å². The highest BCUT2D eigenvalue weighted by molar-refractivity contribution is 5.85. The Morgan fingerprint density at radius 3 is 2.29 bits per heavy atom. The highest BCUT2D eigenvalue weighted by Gasteiger charge is 2.39. The largest absolute Gasteiger partial charge is 0.481 e. The number of nitrogens with one attached hydrogen (secondary N) is 1. The molecule has 0 unspecified atom stereocenters. The lowest BCUT2D eigenvalue weighted by atomic mass is 9.78. The molecule has 1 amide bonds. The predicted octanol–water partition coefficient (Wildman–Crippen LogP) is 1.87. The van der Waals surface area contributed by atoms with Crippen LogP contribution >= 0.6 is 0 Å². The Balaban J connectivity index is 2.09. The summed E-state index contributed by atoms with van der Waals surface area (Å²) in [7, 11) is 0. The number of amides is 1. The van der Waals surface area contributed by atoms with Gasteiger partial charge in [-0.15, -0.1) is 0 Å². The first kappa shape index (κ1) is 16.3. The zero-order valence-corrected chi connectivity index (χ0v) is 13.0. The number of nitrogens with zero attached hydrogens (tertiary/aromatic N) is 1. The molecule has 0 aromatic heterocycles. The summed E-state index contributed by atoms with van der Waals surface area (Å²) in [5.74, 6) is -1.49. The van der Waals surface area contributed by atoms with Crippen molar-refractivity contribution in [3.63, 3.8) is 0 Å². The van der Waals surface area contributed by atoms with Crippen molar-refractivity contribution in [3.05, 3.63) is 0 Å². The Hall–Kier alpha value is -1.10. The number of hydrogen-bond donors (Lipinski definition) is 2. The second-order valence-corrected chi connectivity index (χ2v) is 6.35. The van der Waals surface area contributed by atoms with Gasteiger partial charge in [-0.2, -0.15) is 0 Å². The van der Waals surface area contributed by atoms with Crippen LogP contribution in [0.5, 0.6) is 0 Å². The highest BCUT2D eigenvalue weighted by Crippen LogP contribution is 2.32. The van der Waals surface area contributed by atoms with E-state index >= 15 is 0 Å². The van der Waals surface area contributed by atoms with Crippen molar-refractivity contribution in [1.82, 2.24) is 10.2 Å². The van der Waals surface area contributed by atoms with Crippen molar-refractivity contribution in [1.29, 1.82) is 0 Å². The molecular weight excluding hydrogens is 268 g/mol. The van der Waals surface area contributed by atoms with Gasteiger partial charge in [-0.1, -0.05) is 19.8 Å². The van der Waals surface area contributed by atoms with Gasteiger partial charge >= 0.3 is 5.97 Å². The Morgan fingerprint density at radius 1 is 1.10 bits per heavy atom. The topological polar surface area (TPSA) is 69.6 Å². The fraction of sp³-hybridized carbons (Fsp3) is 0.875. The lowest BCUT2D eigenvalue weighted by Crippen LogP contribution is -2.50. The maximum absolute atomic E-state index is 12.9. The quantitative estimate of drug-likeness (QED) is 0.812. The summed E-state index contributed by atoms with van der Waals surface area (Å²) in [6.07, 6.45) is 6.19. The lowest BCUT2D eigenvalue weighted by Gasteiger charge is -2.39. The van der Waals surface area contributed by atoms with Crippen LogP contribution in [0.1, 0.15) is 51.9 Å². The van der Waals surface area contributed by atoms with Crippen LogP contribution in [-0.4, -0.2) is 47.6 Å². The van der Waals surface area contributed by atoms with E-state index in [-0.39, 0.29) is 17.9 Å².